The van der Waals surface area contributed by atoms with E-state index in [-0.39, 0.29) is 0 Å². The van der Waals surface area contributed by atoms with Gasteiger partial charge in [-0.1, -0.05) is 23.4 Å². The zero-order valence-corrected chi connectivity index (χ0v) is 16.6. The van der Waals surface area contributed by atoms with Crippen molar-refractivity contribution >= 4 is 6.21 Å². The van der Waals surface area contributed by atoms with Crippen molar-refractivity contribution in [3.8, 4) is 11.5 Å². The van der Waals surface area contributed by atoms with E-state index in [4.69, 9.17) is 9.47 Å². The third-order valence-corrected chi connectivity index (χ3v) is 4.01. The molecule has 1 aromatic carbocycles. The van der Waals surface area contributed by atoms with Gasteiger partial charge in [0.25, 0.3) is 0 Å². The summed E-state index contributed by atoms with van der Waals surface area (Å²) in [6, 6.07) is 8.03. The Morgan fingerprint density at radius 2 is 1.89 bits per heavy atom. The number of allylic oxidation sites excluding steroid dienone is 1. The van der Waals surface area contributed by atoms with Crippen molar-refractivity contribution in [1.29, 1.82) is 0 Å². The maximum Gasteiger partial charge on any atom is 0.125 e. The molecule has 0 fully saturated rings. The summed E-state index contributed by atoms with van der Waals surface area (Å²) in [5, 5.41) is 3.70. The molecule has 2 aromatic rings. The maximum absolute atomic E-state index is 6.02. The Hall–Kier alpha value is -2.82. The Morgan fingerprint density at radius 3 is 2.52 bits per heavy atom. The monoisotopic (exact) mass is 368 g/mol. The van der Waals surface area contributed by atoms with Gasteiger partial charge in [0.1, 0.15) is 25.2 Å². The zero-order chi connectivity index (χ0) is 19.5. The maximum atomic E-state index is 6.02. The highest BCUT2D eigenvalue weighted by Crippen LogP contribution is 2.28. The molecular weight excluding hydrogens is 340 g/mol. The Balaban J connectivity index is 1.83. The van der Waals surface area contributed by atoms with Gasteiger partial charge >= 0.3 is 0 Å². The van der Waals surface area contributed by atoms with Crippen LogP contribution in [0.1, 0.15) is 35.7 Å². The first-order valence-corrected chi connectivity index (χ1v) is 9.13. The number of benzene rings is 1. The SMILES string of the molecule is C/C=C/COc1cc(C)c(OCCCc2ccc(C=NOC)nc2)c(C)c1. The fourth-order valence-corrected chi connectivity index (χ4v) is 2.68. The highest BCUT2D eigenvalue weighted by molar-refractivity contribution is 5.76. The summed E-state index contributed by atoms with van der Waals surface area (Å²) in [6.45, 7) is 7.33. The molecule has 0 N–H and O–H groups in total. The van der Waals surface area contributed by atoms with E-state index in [9.17, 15) is 0 Å². The molecule has 0 aliphatic rings. The smallest absolute Gasteiger partial charge is 0.125 e. The van der Waals surface area contributed by atoms with Gasteiger partial charge in [-0.3, -0.25) is 4.98 Å². The first-order chi connectivity index (χ1) is 13.1. The van der Waals surface area contributed by atoms with Crippen molar-refractivity contribution in [2.24, 2.45) is 5.16 Å². The van der Waals surface area contributed by atoms with E-state index in [2.05, 4.69) is 34.9 Å². The molecule has 0 aliphatic carbocycles. The van der Waals surface area contributed by atoms with Gasteiger partial charge < -0.3 is 14.3 Å². The van der Waals surface area contributed by atoms with Gasteiger partial charge in [-0.15, -0.1) is 0 Å². The molecule has 1 aromatic heterocycles. The lowest BCUT2D eigenvalue weighted by molar-refractivity contribution is 0.215. The van der Waals surface area contributed by atoms with E-state index < -0.39 is 0 Å². The number of pyridine rings is 1. The predicted molar refractivity (Wildman–Crippen MR) is 109 cm³/mol. The lowest BCUT2D eigenvalue weighted by atomic mass is 10.1. The Kier molecular flexibility index (Phi) is 8.36. The lowest BCUT2D eigenvalue weighted by Gasteiger charge is -2.14. The number of ether oxygens (including phenoxy) is 2. The van der Waals surface area contributed by atoms with Gasteiger partial charge in [0, 0.05) is 6.20 Å². The van der Waals surface area contributed by atoms with Gasteiger partial charge in [-0.05, 0) is 68.5 Å². The zero-order valence-electron chi connectivity index (χ0n) is 16.6. The normalized spacial score (nSPS) is 11.3. The Bertz CT molecular complexity index is 745. The Morgan fingerprint density at radius 1 is 1.11 bits per heavy atom. The van der Waals surface area contributed by atoms with Crippen LogP contribution in [-0.4, -0.2) is 31.5 Å². The summed E-state index contributed by atoms with van der Waals surface area (Å²) < 4.78 is 11.7. The van der Waals surface area contributed by atoms with Crippen LogP contribution in [-0.2, 0) is 11.3 Å². The molecule has 0 atom stereocenters. The summed E-state index contributed by atoms with van der Waals surface area (Å²) in [6.07, 6.45) is 9.26. The van der Waals surface area contributed by atoms with Crippen LogP contribution in [0.2, 0.25) is 0 Å². The van der Waals surface area contributed by atoms with E-state index >= 15 is 0 Å². The Labute approximate surface area is 161 Å². The predicted octanol–water partition coefficient (Wildman–Crippen LogP) is 4.65. The summed E-state index contributed by atoms with van der Waals surface area (Å²) in [5.41, 5.74) is 4.14. The molecule has 0 aliphatic heterocycles. The second-order valence-corrected chi connectivity index (χ2v) is 6.23. The average Bonchev–Trinajstić information content (AvgIpc) is 2.66. The fourth-order valence-electron chi connectivity index (χ4n) is 2.68. The first kappa shape index (κ1) is 20.5. The van der Waals surface area contributed by atoms with Gasteiger partial charge in [0.05, 0.1) is 18.5 Å². The molecule has 0 unspecified atom stereocenters. The summed E-state index contributed by atoms with van der Waals surface area (Å²) >= 11 is 0. The van der Waals surface area contributed by atoms with Crippen LogP contribution in [0.25, 0.3) is 0 Å². The van der Waals surface area contributed by atoms with E-state index in [0.717, 1.165) is 41.2 Å². The minimum Gasteiger partial charge on any atom is -0.493 e. The molecule has 144 valence electrons. The number of nitrogens with zero attached hydrogens (tertiary/aromatic N) is 2. The topological polar surface area (TPSA) is 52.9 Å². The number of oxime groups is 1. The lowest BCUT2D eigenvalue weighted by Crippen LogP contribution is -2.03. The second-order valence-electron chi connectivity index (χ2n) is 6.23. The molecule has 0 bridgehead atoms. The standard InChI is InChI=1S/C22H28N2O3/c1-5-6-11-26-21-13-17(2)22(18(3)14-21)27-12-7-8-19-9-10-20(23-15-19)16-24-25-4/h5-6,9-10,13-16H,7-8,11-12H2,1-4H3/b6-5+,24-16?. The molecule has 1 heterocycles. The van der Waals surface area contributed by atoms with Crippen LogP contribution in [0.15, 0.2) is 47.8 Å². The minimum atomic E-state index is 0.583. The van der Waals surface area contributed by atoms with Gasteiger partial charge in [-0.2, -0.15) is 0 Å². The van der Waals surface area contributed by atoms with E-state index in [1.54, 1.807) is 6.21 Å². The quantitative estimate of drug-likeness (QED) is 0.265. The number of aryl methyl sites for hydroxylation is 3. The van der Waals surface area contributed by atoms with Crippen LogP contribution in [0.3, 0.4) is 0 Å². The summed E-state index contributed by atoms with van der Waals surface area (Å²) in [4.78, 5) is 8.98. The highest BCUT2D eigenvalue weighted by atomic mass is 16.6. The average molecular weight is 368 g/mol. The summed E-state index contributed by atoms with van der Waals surface area (Å²) in [5.74, 6) is 1.82. The van der Waals surface area contributed by atoms with Crippen molar-refractivity contribution in [2.75, 3.05) is 20.3 Å². The number of rotatable bonds is 10. The van der Waals surface area contributed by atoms with E-state index in [1.165, 1.54) is 12.7 Å². The third kappa shape index (κ3) is 6.77. The highest BCUT2D eigenvalue weighted by Gasteiger charge is 2.07. The first-order valence-electron chi connectivity index (χ1n) is 9.13. The van der Waals surface area contributed by atoms with Crippen molar-refractivity contribution in [2.45, 2.75) is 33.6 Å². The molecule has 0 saturated carbocycles. The van der Waals surface area contributed by atoms with Crippen molar-refractivity contribution in [3.05, 3.63) is 65.0 Å². The van der Waals surface area contributed by atoms with Crippen molar-refractivity contribution in [1.82, 2.24) is 4.98 Å². The molecule has 0 spiro atoms. The molecule has 5 nitrogen and oxygen atoms in total. The van der Waals surface area contributed by atoms with Crippen LogP contribution < -0.4 is 9.47 Å². The van der Waals surface area contributed by atoms with E-state index in [1.807, 2.05) is 43.5 Å². The van der Waals surface area contributed by atoms with Crippen LogP contribution in [0, 0.1) is 13.8 Å². The van der Waals surface area contributed by atoms with Crippen LogP contribution in [0.5, 0.6) is 11.5 Å². The number of aromatic nitrogens is 1. The van der Waals surface area contributed by atoms with Gasteiger partial charge in [0.2, 0.25) is 0 Å². The van der Waals surface area contributed by atoms with Gasteiger partial charge in [-0.25, -0.2) is 0 Å². The molecule has 27 heavy (non-hydrogen) atoms. The number of hydrogen-bond donors (Lipinski definition) is 0. The van der Waals surface area contributed by atoms with Crippen LogP contribution >= 0.6 is 0 Å². The molecule has 2 rings (SSSR count). The van der Waals surface area contributed by atoms with Crippen molar-refractivity contribution < 1.29 is 14.3 Å². The fraction of sp³-hybridized carbons (Fsp3) is 0.364. The van der Waals surface area contributed by atoms with E-state index in [0.29, 0.717) is 13.2 Å². The molecule has 0 amide bonds. The van der Waals surface area contributed by atoms with Crippen LogP contribution in [0.4, 0.5) is 0 Å². The summed E-state index contributed by atoms with van der Waals surface area (Å²) in [7, 11) is 1.51. The number of hydrogen-bond acceptors (Lipinski definition) is 5. The molecule has 0 saturated heterocycles. The van der Waals surface area contributed by atoms with Crippen molar-refractivity contribution in [3.63, 3.8) is 0 Å². The molecule has 5 heteroatoms. The third-order valence-electron chi connectivity index (χ3n) is 4.01. The molecule has 0 radical (unpaired) electrons. The molecular formula is C22H28N2O3. The van der Waals surface area contributed by atoms with Gasteiger partial charge in [0.15, 0.2) is 0 Å². The second kappa shape index (κ2) is 11.0. The minimum absolute atomic E-state index is 0.583. The largest absolute Gasteiger partial charge is 0.493 e.